The summed E-state index contributed by atoms with van der Waals surface area (Å²) < 4.78 is 0. The maximum Gasteiger partial charge on any atom is 0.226 e. The first-order valence-corrected chi connectivity index (χ1v) is 10.3. The molecule has 7 heteroatoms. The van der Waals surface area contributed by atoms with E-state index >= 15 is 0 Å². The first kappa shape index (κ1) is 20.7. The van der Waals surface area contributed by atoms with Crippen molar-refractivity contribution in [1.29, 1.82) is 0 Å². The number of Topliss-reactive ketones (excluding diaryl/α,β-unsaturated/α-hetero) is 1. The van der Waals surface area contributed by atoms with Crippen LogP contribution in [0.3, 0.4) is 0 Å². The lowest BCUT2D eigenvalue weighted by Crippen LogP contribution is -2.33. The lowest BCUT2D eigenvalue weighted by Gasteiger charge is -2.15. The SMILES string of the molecule is Cc1ccc(Nc2ccc(CNC(=O)C3(CC(=O)c4cncnc4)CC3)nc2)c(C)c1. The monoisotopic (exact) mass is 415 g/mol. The molecule has 0 spiro atoms. The highest BCUT2D eigenvalue weighted by Gasteiger charge is 2.51. The predicted octanol–water partition coefficient (Wildman–Crippen LogP) is 3.90. The van der Waals surface area contributed by atoms with Gasteiger partial charge in [-0.15, -0.1) is 0 Å². The van der Waals surface area contributed by atoms with Gasteiger partial charge in [0.25, 0.3) is 0 Å². The molecule has 1 saturated carbocycles. The summed E-state index contributed by atoms with van der Waals surface area (Å²) in [7, 11) is 0. The molecule has 1 fully saturated rings. The van der Waals surface area contributed by atoms with Gasteiger partial charge in [0.15, 0.2) is 5.78 Å². The number of aromatic nitrogens is 3. The van der Waals surface area contributed by atoms with Gasteiger partial charge in [0, 0.05) is 24.5 Å². The highest BCUT2D eigenvalue weighted by Crippen LogP contribution is 2.49. The van der Waals surface area contributed by atoms with Crippen LogP contribution in [0.15, 0.2) is 55.2 Å². The third-order valence-electron chi connectivity index (χ3n) is 5.63. The first-order valence-electron chi connectivity index (χ1n) is 10.3. The molecule has 4 rings (SSSR count). The second-order valence-corrected chi connectivity index (χ2v) is 8.17. The number of carbonyl (C=O) groups is 2. The predicted molar refractivity (Wildman–Crippen MR) is 118 cm³/mol. The number of hydrogen-bond acceptors (Lipinski definition) is 6. The molecular weight excluding hydrogens is 390 g/mol. The Balaban J connectivity index is 1.31. The lowest BCUT2D eigenvalue weighted by atomic mass is 9.96. The van der Waals surface area contributed by atoms with Crippen molar-refractivity contribution in [3.63, 3.8) is 0 Å². The summed E-state index contributed by atoms with van der Waals surface area (Å²) in [6.07, 6.45) is 7.72. The second kappa shape index (κ2) is 8.63. The van der Waals surface area contributed by atoms with Gasteiger partial charge in [-0.25, -0.2) is 9.97 Å². The molecule has 0 unspecified atom stereocenters. The number of nitrogens with zero attached hydrogens (tertiary/aromatic N) is 3. The minimum Gasteiger partial charge on any atom is -0.354 e. The molecule has 2 aromatic heterocycles. The normalized spacial score (nSPS) is 14.0. The van der Waals surface area contributed by atoms with Crippen LogP contribution in [-0.4, -0.2) is 26.6 Å². The highest BCUT2D eigenvalue weighted by molar-refractivity contribution is 6.00. The largest absolute Gasteiger partial charge is 0.354 e. The second-order valence-electron chi connectivity index (χ2n) is 8.17. The highest BCUT2D eigenvalue weighted by atomic mass is 16.2. The molecule has 158 valence electrons. The Hall–Kier alpha value is -3.61. The fraction of sp³-hybridized carbons (Fsp3) is 0.292. The van der Waals surface area contributed by atoms with Gasteiger partial charge in [-0.3, -0.25) is 14.6 Å². The van der Waals surface area contributed by atoms with Gasteiger partial charge in [0.2, 0.25) is 5.91 Å². The average Bonchev–Trinajstić information content (AvgIpc) is 3.56. The molecule has 0 radical (unpaired) electrons. The zero-order chi connectivity index (χ0) is 21.8. The number of amides is 1. The molecule has 1 aliphatic rings. The molecule has 0 atom stereocenters. The first-order chi connectivity index (χ1) is 14.9. The van der Waals surface area contributed by atoms with Crippen molar-refractivity contribution in [3.8, 4) is 0 Å². The molecule has 1 amide bonds. The van der Waals surface area contributed by atoms with Crippen LogP contribution in [0.4, 0.5) is 11.4 Å². The average molecular weight is 415 g/mol. The van der Waals surface area contributed by atoms with Crippen LogP contribution in [0, 0.1) is 19.3 Å². The lowest BCUT2D eigenvalue weighted by molar-refractivity contribution is -0.126. The minimum atomic E-state index is -0.614. The van der Waals surface area contributed by atoms with Crippen LogP contribution in [0.25, 0.3) is 0 Å². The number of rotatable bonds is 8. The minimum absolute atomic E-state index is 0.100. The summed E-state index contributed by atoms with van der Waals surface area (Å²) in [6.45, 7) is 4.46. The summed E-state index contributed by atoms with van der Waals surface area (Å²) in [5.41, 5.74) is 4.90. The third-order valence-corrected chi connectivity index (χ3v) is 5.63. The molecule has 1 aromatic carbocycles. The number of aryl methyl sites for hydroxylation is 2. The number of ketones is 1. The summed E-state index contributed by atoms with van der Waals surface area (Å²) in [4.78, 5) is 37.3. The van der Waals surface area contributed by atoms with E-state index in [1.165, 1.54) is 29.8 Å². The van der Waals surface area contributed by atoms with Crippen molar-refractivity contribution < 1.29 is 9.59 Å². The van der Waals surface area contributed by atoms with Crippen molar-refractivity contribution in [1.82, 2.24) is 20.3 Å². The Kier molecular flexibility index (Phi) is 5.75. The van der Waals surface area contributed by atoms with Gasteiger partial charge in [-0.1, -0.05) is 17.7 Å². The Morgan fingerprint density at radius 1 is 1.03 bits per heavy atom. The van der Waals surface area contributed by atoms with Crippen molar-refractivity contribution in [2.45, 2.75) is 39.7 Å². The zero-order valence-electron chi connectivity index (χ0n) is 17.7. The van der Waals surface area contributed by atoms with Gasteiger partial charge in [0.1, 0.15) is 6.33 Å². The summed E-state index contributed by atoms with van der Waals surface area (Å²) in [6, 6.07) is 10.1. The number of nitrogens with one attached hydrogen (secondary N) is 2. The summed E-state index contributed by atoms with van der Waals surface area (Å²) in [5.74, 6) is -0.204. The number of carbonyl (C=O) groups excluding carboxylic acids is 2. The van der Waals surface area contributed by atoms with E-state index in [2.05, 4.69) is 57.6 Å². The maximum atomic E-state index is 12.7. The van der Waals surface area contributed by atoms with E-state index in [4.69, 9.17) is 0 Å². The number of anilines is 2. The van der Waals surface area contributed by atoms with E-state index in [0.29, 0.717) is 24.9 Å². The van der Waals surface area contributed by atoms with Crippen LogP contribution in [0.5, 0.6) is 0 Å². The van der Waals surface area contributed by atoms with Crippen molar-refractivity contribution in [3.05, 3.63) is 77.6 Å². The molecule has 7 nitrogen and oxygen atoms in total. The van der Waals surface area contributed by atoms with E-state index in [1.807, 2.05) is 12.1 Å². The molecule has 1 aliphatic carbocycles. The molecule has 0 aliphatic heterocycles. The third kappa shape index (κ3) is 4.94. The molecule has 0 saturated heterocycles. The fourth-order valence-electron chi connectivity index (χ4n) is 3.56. The Labute approximate surface area is 181 Å². The molecule has 2 N–H and O–H groups in total. The quantitative estimate of drug-likeness (QED) is 0.542. The van der Waals surface area contributed by atoms with Crippen molar-refractivity contribution in [2.24, 2.45) is 5.41 Å². The molecule has 3 aromatic rings. The Bertz CT molecular complexity index is 1090. The molecule has 31 heavy (non-hydrogen) atoms. The van der Waals surface area contributed by atoms with E-state index in [1.54, 1.807) is 6.20 Å². The van der Waals surface area contributed by atoms with E-state index in [0.717, 1.165) is 17.1 Å². The number of hydrogen-bond donors (Lipinski definition) is 2. The summed E-state index contributed by atoms with van der Waals surface area (Å²) in [5, 5.41) is 6.30. The van der Waals surface area contributed by atoms with E-state index < -0.39 is 5.41 Å². The molecular formula is C24H25N5O2. The van der Waals surface area contributed by atoms with Crippen LogP contribution in [0.2, 0.25) is 0 Å². The topological polar surface area (TPSA) is 96.9 Å². The fourth-order valence-corrected chi connectivity index (χ4v) is 3.56. The Morgan fingerprint density at radius 2 is 1.81 bits per heavy atom. The smallest absolute Gasteiger partial charge is 0.226 e. The van der Waals surface area contributed by atoms with Gasteiger partial charge >= 0.3 is 0 Å². The van der Waals surface area contributed by atoms with Crippen LogP contribution >= 0.6 is 0 Å². The molecule has 2 heterocycles. The molecule has 0 bridgehead atoms. The number of benzene rings is 1. The maximum absolute atomic E-state index is 12.7. The van der Waals surface area contributed by atoms with Gasteiger partial charge in [0.05, 0.1) is 35.1 Å². The van der Waals surface area contributed by atoms with Crippen molar-refractivity contribution >= 4 is 23.1 Å². The van der Waals surface area contributed by atoms with Crippen LogP contribution < -0.4 is 10.6 Å². The van der Waals surface area contributed by atoms with Gasteiger partial charge in [-0.2, -0.15) is 0 Å². The van der Waals surface area contributed by atoms with Crippen LogP contribution in [0.1, 0.15) is 46.4 Å². The standard InChI is InChI=1S/C24H25N5O2/c1-16-3-6-21(17(2)9-16)29-20-5-4-19(27-14-20)13-28-23(31)24(7-8-24)10-22(30)18-11-25-15-26-12-18/h3-6,9,11-12,14-15,29H,7-8,10,13H2,1-2H3,(H,28,31). The van der Waals surface area contributed by atoms with Crippen molar-refractivity contribution in [2.75, 3.05) is 5.32 Å². The van der Waals surface area contributed by atoms with E-state index in [-0.39, 0.29) is 18.1 Å². The number of pyridine rings is 1. The van der Waals surface area contributed by atoms with Gasteiger partial charge in [-0.05, 0) is 50.5 Å². The Morgan fingerprint density at radius 3 is 2.45 bits per heavy atom. The summed E-state index contributed by atoms with van der Waals surface area (Å²) >= 11 is 0. The van der Waals surface area contributed by atoms with E-state index in [9.17, 15) is 9.59 Å². The zero-order valence-corrected chi connectivity index (χ0v) is 17.7. The van der Waals surface area contributed by atoms with Crippen LogP contribution in [-0.2, 0) is 11.3 Å². The van der Waals surface area contributed by atoms with Gasteiger partial charge < -0.3 is 10.6 Å².